The molecule has 0 fully saturated rings. The van der Waals surface area contributed by atoms with Crippen molar-refractivity contribution in [2.75, 3.05) is 18.5 Å². The molecule has 0 unspecified atom stereocenters. The normalized spacial score (nSPS) is 10.7. The molecule has 0 saturated carbocycles. The summed E-state index contributed by atoms with van der Waals surface area (Å²) in [7, 11) is 0. The standard InChI is InChI=1S/C20H25NO4S/c1-5-11-25-15-9-7-14(8-10-15)16-12-26-19(21-18(22)13(3)4)17(16)20(23)24-6-2/h7-10,12-13H,5-6,11H2,1-4H3,(H,21,22). The van der Waals surface area contributed by atoms with Crippen LogP contribution in [0.2, 0.25) is 0 Å². The van der Waals surface area contributed by atoms with Gasteiger partial charge in [0.15, 0.2) is 0 Å². The summed E-state index contributed by atoms with van der Waals surface area (Å²) >= 11 is 1.32. The van der Waals surface area contributed by atoms with E-state index in [0.717, 1.165) is 23.3 Å². The van der Waals surface area contributed by atoms with Gasteiger partial charge in [0.25, 0.3) is 0 Å². The summed E-state index contributed by atoms with van der Waals surface area (Å²) in [6.45, 7) is 8.37. The third-order valence-electron chi connectivity index (χ3n) is 3.67. The Morgan fingerprint density at radius 1 is 1.15 bits per heavy atom. The van der Waals surface area contributed by atoms with Crippen molar-refractivity contribution < 1.29 is 19.1 Å². The van der Waals surface area contributed by atoms with Gasteiger partial charge in [0.2, 0.25) is 5.91 Å². The van der Waals surface area contributed by atoms with Crippen LogP contribution in [0.5, 0.6) is 5.75 Å². The molecule has 6 heteroatoms. The maximum absolute atomic E-state index is 12.5. The highest BCUT2D eigenvalue weighted by atomic mass is 32.1. The van der Waals surface area contributed by atoms with E-state index in [1.807, 2.05) is 43.5 Å². The molecule has 0 spiro atoms. The first kappa shape index (κ1) is 20.0. The molecule has 0 saturated heterocycles. The lowest BCUT2D eigenvalue weighted by atomic mass is 10.0. The Morgan fingerprint density at radius 3 is 2.42 bits per heavy atom. The minimum Gasteiger partial charge on any atom is -0.494 e. The van der Waals surface area contributed by atoms with Crippen LogP contribution in [0.25, 0.3) is 11.1 Å². The fourth-order valence-corrected chi connectivity index (χ4v) is 3.24. The molecule has 5 nitrogen and oxygen atoms in total. The molecule has 1 amide bonds. The molecule has 1 aromatic heterocycles. The molecular formula is C20H25NO4S. The second-order valence-electron chi connectivity index (χ2n) is 6.09. The van der Waals surface area contributed by atoms with Crippen molar-refractivity contribution in [2.24, 2.45) is 5.92 Å². The minimum atomic E-state index is -0.436. The maximum Gasteiger partial charge on any atom is 0.341 e. The Bertz CT molecular complexity index is 750. The van der Waals surface area contributed by atoms with E-state index in [9.17, 15) is 9.59 Å². The molecule has 2 aromatic rings. The second kappa shape index (κ2) is 9.38. The number of carbonyl (C=O) groups is 2. The third-order valence-corrected chi connectivity index (χ3v) is 4.57. The Balaban J connectivity index is 2.36. The van der Waals surface area contributed by atoms with Crippen LogP contribution in [0, 0.1) is 5.92 Å². The number of esters is 1. The van der Waals surface area contributed by atoms with Gasteiger partial charge >= 0.3 is 5.97 Å². The number of thiophene rings is 1. The summed E-state index contributed by atoms with van der Waals surface area (Å²) in [5.41, 5.74) is 2.01. The summed E-state index contributed by atoms with van der Waals surface area (Å²) in [6.07, 6.45) is 0.943. The maximum atomic E-state index is 12.5. The van der Waals surface area contributed by atoms with Gasteiger partial charge in [0.05, 0.1) is 13.2 Å². The average molecular weight is 375 g/mol. The molecule has 0 atom stereocenters. The van der Waals surface area contributed by atoms with Crippen molar-refractivity contribution in [3.05, 3.63) is 35.2 Å². The molecule has 0 aliphatic carbocycles. The lowest BCUT2D eigenvalue weighted by Gasteiger charge is -2.10. The van der Waals surface area contributed by atoms with Crippen molar-refractivity contribution >= 4 is 28.2 Å². The molecule has 26 heavy (non-hydrogen) atoms. The first-order chi connectivity index (χ1) is 12.5. The van der Waals surface area contributed by atoms with Crippen LogP contribution in [0.15, 0.2) is 29.6 Å². The third kappa shape index (κ3) is 4.85. The van der Waals surface area contributed by atoms with E-state index in [-0.39, 0.29) is 18.4 Å². The summed E-state index contributed by atoms with van der Waals surface area (Å²) in [5, 5.41) is 5.22. The number of ether oxygens (including phenoxy) is 2. The van der Waals surface area contributed by atoms with Gasteiger partial charge in [-0.3, -0.25) is 4.79 Å². The zero-order chi connectivity index (χ0) is 19.1. The Morgan fingerprint density at radius 2 is 1.85 bits per heavy atom. The largest absolute Gasteiger partial charge is 0.494 e. The smallest absolute Gasteiger partial charge is 0.341 e. The van der Waals surface area contributed by atoms with E-state index >= 15 is 0 Å². The van der Waals surface area contributed by atoms with E-state index in [4.69, 9.17) is 9.47 Å². The molecule has 0 aliphatic heterocycles. The van der Waals surface area contributed by atoms with Gasteiger partial charge in [0.1, 0.15) is 16.3 Å². The highest BCUT2D eigenvalue weighted by Crippen LogP contribution is 2.37. The van der Waals surface area contributed by atoms with E-state index < -0.39 is 5.97 Å². The Hall–Kier alpha value is -2.34. The number of nitrogens with one attached hydrogen (secondary N) is 1. The SMILES string of the molecule is CCCOc1ccc(-c2csc(NC(=O)C(C)C)c2C(=O)OCC)cc1. The Kier molecular flexibility index (Phi) is 7.21. The fraction of sp³-hybridized carbons (Fsp3) is 0.400. The highest BCUT2D eigenvalue weighted by Gasteiger charge is 2.23. The van der Waals surface area contributed by atoms with Gasteiger partial charge in [-0.2, -0.15) is 0 Å². The monoisotopic (exact) mass is 375 g/mol. The van der Waals surface area contributed by atoms with Gasteiger partial charge in [-0.1, -0.05) is 32.9 Å². The van der Waals surface area contributed by atoms with E-state index in [1.54, 1.807) is 6.92 Å². The van der Waals surface area contributed by atoms with Crippen molar-refractivity contribution in [2.45, 2.75) is 34.1 Å². The minimum absolute atomic E-state index is 0.132. The van der Waals surface area contributed by atoms with Crippen LogP contribution in [0.4, 0.5) is 5.00 Å². The molecule has 1 N–H and O–H groups in total. The second-order valence-corrected chi connectivity index (χ2v) is 6.97. The van der Waals surface area contributed by atoms with Crippen LogP contribution in [-0.4, -0.2) is 25.1 Å². The topological polar surface area (TPSA) is 64.6 Å². The highest BCUT2D eigenvalue weighted by molar-refractivity contribution is 7.15. The molecule has 140 valence electrons. The zero-order valence-electron chi connectivity index (χ0n) is 15.6. The number of anilines is 1. The fourth-order valence-electron chi connectivity index (χ4n) is 2.28. The van der Waals surface area contributed by atoms with Gasteiger partial charge in [-0.25, -0.2) is 4.79 Å². The molecular weight excluding hydrogens is 350 g/mol. The molecule has 0 bridgehead atoms. The lowest BCUT2D eigenvalue weighted by molar-refractivity contribution is -0.118. The van der Waals surface area contributed by atoms with Crippen LogP contribution in [0.3, 0.4) is 0 Å². The van der Waals surface area contributed by atoms with E-state index in [2.05, 4.69) is 12.2 Å². The number of benzene rings is 1. The van der Waals surface area contributed by atoms with Gasteiger partial charge in [-0.15, -0.1) is 11.3 Å². The number of amides is 1. The zero-order valence-corrected chi connectivity index (χ0v) is 16.4. The van der Waals surface area contributed by atoms with E-state index in [0.29, 0.717) is 17.2 Å². The quantitative estimate of drug-likeness (QED) is 0.661. The molecule has 1 heterocycles. The predicted molar refractivity (Wildman–Crippen MR) is 105 cm³/mol. The predicted octanol–water partition coefficient (Wildman–Crippen LogP) is 4.98. The molecule has 2 rings (SSSR count). The van der Waals surface area contributed by atoms with Crippen molar-refractivity contribution in [1.29, 1.82) is 0 Å². The summed E-state index contributed by atoms with van der Waals surface area (Å²) in [6, 6.07) is 7.57. The average Bonchev–Trinajstić information content (AvgIpc) is 3.04. The van der Waals surface area contributed by atoms with Crippen LogP contribution in [-0.2, 0) is 9.53 Å². The lowest BCUT2D eigenvalue weighted by Crippen LogP contribution is -2.19. The van der Waals surface area contributed by atoms with Crippen LogP contribution >= 0.6 is 11.3 Å². The molecule has 0 aliphatic rings. The van der Waals surface area contributed by atoms with Gasteiger partial charge in [0, 0.05) is 16.9 Å². The van der Waals surface area contributed by atoms with Gasteiger partial charge in [-0.05, 0) is 31.0 Å². The van der Waals surface area contributed by atoms with Crippen LogP contribution < -0.4 is 10.1 Å². The first-order valence-electron chi connectivity index (χ1n) is 8.80. The molecule has 0 radical (unpaired) electrons. The van der Waals surface area contributed by atoms with Crippen molar-refractivity contribution in [1.82, 2.24) is 0 Å². The Labute approximate surface area is 158 Å². The number of carbonyl (C=O) groups excluding carboxylic acids is 2. The number of hydrogen-bond acceptors (Lipinski definition) is 5. The first-order valence-corrected chi connectivity index (χ1v) is 9.68. The number of hydrogen-bond donors (Lipinski definition) is 1. The summed E-state index contributed by atoms with van der Waals surface area (Å²) in [5.74, 6) is 0.0452. The van der Waals surface area contributed by atoms with Crippen molar-refractivity contribution in [3.63, 3.8) is 0 Å². The summed E-state index contributed by atoms with van der Waals surface area (Å²) in [4.78, 5) is 24.6. The van der Waals surface area contributed by atoms with Crippen LogP contribution in [0.1, 0.15) is 44.5 Å². The summed E-state index contributed by atoms with van der Waals surface area (Å²) < 4.78 is 10.8. The molecule has 1 aromatic carbocycles. The van der Waals surface area contributed by atoms with E-state index in [1.165, 1.54) is 11.3 Å². The van der Waals surface area contributed by atoms with Gasteiger partial charge < -0.3 is 14.8 Å². The number of rotatable bonds is 8. The van der Waals surface area contributed by atoms with Crippen molar-refractivity contribution in [3.8, 4) is 16.9 Å².